The maximum atomic E-state index is 5.74. The molecule has 2 N–H and O–H groups in total. The van der Waals surface area contributed by atoms with Gasteiger partial charge in [-0.2, -0.15) is 0 Å². The van der Waals surface area contributed by atoms with Crippen LogP contribution in [0, 0.1) is 6.92 Å². The Kier molecular flexibility index (Phi) is 2.90. The van der Waals surface area contributed by atoms with E-state index in [0.29, 0.717) is 5.92 Å². The fraction of sp³-hybridized carbons (Fsp3) is 0.500. The minimum atomic E-state index is 0.562. The van der Waals surface area contributed by atoms with Crippen molar-refractivity contribution in [2.24, 2.45) is 5.73 Å². The molecule has 1 aromatic heterocycles. The van der Waals surface area contributed by atoms with Crippen molar-refractivity contribution in [2.75, 3.05) is 6.54 Å². The lowest BCUT2D eigenvalue weighted by Gasteiger charge is -2.16. The van der Waals surface area contributed by atoms with E-state index in [1.54, 1.807) is 0 Å². The Labute approximate surface area is 109 Å². The first-order chi connectivity index (χ1) is 8.74. The van der Waals surface area contributed by atoms with Crippen LogP contribution in [0.15, 0.2) is 18.2 Å². The second kappa shape index (κ2) is 4.43. The van der Waals surface area contributed by atoms with E-state index in [2.05, 4.69) is 36.6 Å². The van der Waals surface area contributed by atoms with Gasteiger partial charge in [0, 0.05) is 17.6 Å². The van der Waals surface area contributed by atoms with Gasteiger partial charge in [0.25, 0.3) is 0 Å². The van der Waals surface area contributed by atoms with E-state index in [1.807, 2.05) is 0 Å². The summed E-state index contributed by atoms with van der Waals surface area (Å²) >= 11 is 0. The van der Waals surface area contributed by atoms with Crippen LogP contribution in [0.1, 0.15) is 42.5 Å². The van der Waals surface area contributed by atoms with Gasteiger partial charge in [0.05, 0.1) is 5.52 Å². The summed E-state index contributed by atoms with van der Waals surface area (Å²) in [5.74, 6) is 0.562. The number of benzene rings is 1. The maximum Gasteiger partial charge on any atom is 0.0517 e. The SMILES string of the molecule is Cc1c(C(C)CCN)c2cccc3c2n1CCC3. The smallest absolute Gasteiger partial charge is 0.0517 e. The number of aromatic nitrogens is 1. The van der Waals surface area contributed by atoms with Crippen molar-refractivity contribution < 1.29 is 0 Å². The zero-order chi connectivity index (χ0) is 12.7. The molecule has 0 amide bonds. The molecule has 1 aliphatic rings. The zero-order valence-electron chi connectivity index (χ0n) is 11.4. The molecule has 1 aliphatic heterocycles. The highest BCUT2D eigenvalue weighted by Crippen LogP contribution is 2.37. The van der Waals surface area contributed by atoms with Crippen LogP contribution in [0.3, 0.4) is 0 Å². The van der Waals surface area contributed by atoms with E-state index < -0.39 is 0 Å². The third-order valence-electron chi connectivity index (χ3n) is 4.39. The van der Waals surface area contributed by atoms with Gasteiger partial charge < -0.3 is 10.3 Å². The maximum absolute atomic E-state index is 5.74. The Morgan fingerprint density at radius 3 is 3.00 bits per heavy atom. The summed E-state index contributed by atoms with van der Waals surface area (Å²) in [6, 6.07) is 6.79. The van der Waals surface area contributed by atoms with Crippen LogP contribution in [-0.2, 0) is 13.0 Å². The lowest BCUT2D eigenvalue weighted by atomic mass is 9.94. The Morgan fingerprint density at radius 2 is 2.22 bits per heavy atom. The lowest BCUT2D eigenvalue weighted by Crippen LogP contribution is -2.09. The van der Waals surface area contributed by atoms with E-state index in [9.17, 15) is 0 Å². The van der Waals surface area contributed by atoms with Crippen LogP contribution in [0.25, 0.3) is 10.9 Å². The average Bonchev–Trinajstić information content (AvgIpc) is 2.66. The second-order valence-corrected chi connectivity index (χ2v) is 5.55. The number of aryl methyl sites for hydroxylation is 2. The van der Waals surface area contributed by atoms with Crippen LogP contribution in [-0.4, -0.2) is 11.1 Å². The molecule has 0 saturated carbocycles. The molecule has 0 bridgehead atoms. The number of hydrogen-bond donors (Lipinski definition) is 1. The van der Waals surface area contributed by atoms with Crippen molar-refractivity contribution >= 4 is 10.9 Å². The van der Waals surface area contributed by atoms with E-state index in [4.69, 9.17) is 5.73 Å². The van der Waals surface area contributed by atoms with Crippen LogP contribution >= 0.6 is 0 Å². The monoisotopic (exact) mass is 242 g/mol. The van der Waals surface area contributed by atoms with E-state index in [-0.39, 0.29) is 0 Å². The van der Waals surface area contributed by atoms with Crippen molar-refractivity contribution in [3.05, 3.63) is 35.0 Å². The lowest BCUT2D eigenvalue weighted by molar-refractivity contribution is 0.613. The highest BCUT2D eigenvalue weighted by molar-refractivity contribution is 5.89. The zero-order valence-corrected chi connectivity index (χ0v) is 11.4. The highest BCUT2D eigenvalue weighted by Gasteiger charge is 2.22. The number of para-hydroxylation sites is 1. The third-order valence-corrected chi connectivity index (χ3v) is 4.39. The van der Waals surface area contributed by atoms with Crippen LogP contribution < -0.4 is 5.73 Å². The Balaban J connectivity index is 2.27. The molecule has 2 nitrogen and oxygen atoms in total. The standard InChI is InChI=1S/C16H22N2/c1-11(8-9-17)15-12(2)18-10-4-6-13-5-3-7-14(15)16(13)18/h3,5,7,11H,4,6,8-10,17H2,1-2H3. The summed E-state index contributed by atoms with van der Waals surface area (Å²) < 4.78 is 2.52. The number of nitrogens with two attached hydrogens (primary N) is 1. The first-order valence-electron chi connectivity index (χ1n) is 7.04. The summed E-state index contributed by atoms with van der Waals surface area (Å²) in [4.78, 5) is 0. The molecule has 0 spiro atoms. The van der Waals surface area contributed by atoms with Gasteiger partial charge >= 0.3 is 0 Å². The number of nitrogens with zero attached hydrogens (tertiary/aromatic N) is 1. The van der Waals surface area contributed by atoms with E-state index in [1.165, 1.54) is 47.1 Å². The third kappa shape index (κ3) is 1.59. The van der Waals surface area contributed by atoms with Crippen LogP contribution in [0.2, 0.25) is 0 Å². The van der Waals surface area contributed by atoms with E-state index in [0.717, 1.165) is 13.0 Å². The van der Waals surface area contributed by atoms with Gasteiger partial charge in [-0.25, -0.2) is 0 Å². The largest absolute Gasteiger partial charge is 0.344 e. The van der Waals surface area contributed by atoms with Crippen LogP contribution in [0.4, 0.5) is 0 Å². The molecular weight excluding hydrogens is 220 g/mol. The molecule has 2 heterocycles. The van der Waals surface area contributed by atoms with Crippen molar-refractivity contribution in [3.63, 3.8) is 0 Å². The highest BCUT2D eigenvalue weighted by atomic mass is 15.0. The molecule has 1 unspecified atom stereocenters. The normalized spacial score (nSPS) is 16.2. The predicted molar refractivity (Wildman–Crippen MR) is 77.1 cm³/mol. The van der Waals surface area contributed by atoms with Gasteiger partial charge in [0.15, 0.2) is 0 Å². The van der Waals surface area contributed by atoms with Gasteiger partial charge in [-0.3, -0.25) is 0 Å². The van der Waals surface area contributed by atoms with Crippen molar-refractivity contribution in [1.29, 1.82) is 0 Å². The van der Waals surface area contributed by atoms with Gasteiger partial charge in [-0.1, -0.05) is 25.1 Å². The average molecular weight is 242 g/mol. The summed E-state index contributed by atoms with van der Waals surface area (Å²) in [5.41, 5.74) is 11.7. The number of hydrogen-bond acceptors (Lipinski definition) is 1. The first kappa shape index (κ1) is 11.8. The first-order valence-corrected chi connectivity index (χ1v) is 7.04. The summed E-state index contributed by atoms with van der Waals surface area (Å²) in [7, 11) is 0. The van der Waals surface area contributed by atoms with Gasteiger partial charge in [-0.05, 0) is 49.8 Å². The van der Waals surface area contributed by atoms with Crippen molar-refractivity contribution in [2.45, 2.75) is 45.6 Å². The fourth-order valence-electron chi connectivity index (χ4n) is 3.56. The Hall–Kier alpha value is -1.28. The van der Waals surface area contributed by atoms with Gasteiger partial charge in [0.1, 0.15) is 0 Å². The quantitative estimate of drug-likeness (QED) is 0.879. The molecule has 1 atom stereocenters. The predicted octanol–water partition coefficient (Wildman–Crippen LogP) is 3.35. The molecular formula is C16H22N2. The fourth-order valence-corrected chi connectivity index (χ4v) is 3.56. The van der Waals surface area contributed by atoms with Crippen LogP contribution in [0.5, 0.6) is 0 Å². The van der Waals surface area contributed by atoms with Gasteiger partial charge in [-0.15, -0.1) is 0 Å². The molecule has 2 heteroatoms. The molecule has 0 fully saturated rings. The summed E-state index contributed by atoms with van der Waals surface area (Å²) in [6.45, 7) is 6.53. The molecule has 0 saturated heterocycles. The molecule has 1 aromatic carbocycles. The minimum absolute atomic E-state index is 0.562. The summed E-state index contributed by atoms with van der Waals surface area (Å²) in [5, 5.41) is 1.46. The minimum Gasteiger partial charge on any atom is -0.344 e. The topological polar surface area (TPSA) is 30.9 Å². The Morgan fingerprint density at radius 1 is 1.39 bits per heavy atom. The Bertz CT molecular complexity index is 580. The molecule has 0 aliphatic carbocycles. The van der Waals surface area contributed by atoms with Crippen molar-refractivity contribution in [1.82, 2.24) is 4.57 Å². The molecule has 2 aromatic rings. The molecule has 96 valence electrons. The van der Waals surface area contributed by atoms with E-state index >= 15 is 0 Å². The molecule has 0 radical (unpaired) electrons. The summed E-state index contributed by atoms with van der Waals surface area (Å²) in [6.07, 6.45) is 3.57. The molecule has 18 heavy (non-hydrogen) atoms. The number of rotatable bonds is 3. The second-order valence-electron chi connectivity index (χ2n) is 5.55. The van der Waals surface area contributed by atoms with Crippen molar-refractivity contribution in [3.8, 4) is 0 Å². The molecule has 3 rings (SSSR count). The van der Waals surface area contributed by atoms with Gasteiger partial charge in [0.2, 0.25) is 0 Å².